The number of hydrogen-bond donors (Lipinski definition) is 3. The predicted octanol–water partition coefficient (Wildman–Crippen LogP) is 3.46. The number of aromatic nitrogens is 1. The fraction of sp³-hybridized carbons (Fsp3) is 0.300. The van der Waals surface area contributed by atoms with Crippen molar-refractivity contribution in [1.29, 1.82) is 0 Å². The molecule has 2 aliphatic rings. The first kappa shape index (κ1) is 17.0. The minimum atomic E-state index is -0.371. The quantitative estimate of drug-likeness (QED) is 0.711. The Balaban J connectivity index is 1.66. The van der Waals surface area contributed by atoms with Gasteiger partial charge >= 0.3 is 0 Å². The van der Waals surface area contributed by atoms with Crippen LogP contribution in [0.5, 0.6) is 0 Å². The lowest BCUT2D eigenvalue weighted by atomic mass is 9.85. The molecule has 0 fully saturated rings. The molecule has 0 radical (unpaired) electrons. The zero-order valence-electron chi connectivity index (χ0n) is 14.9. The number of rotatable bonds is 2. The second-order valence-electron chi connectivity index (χ2n) is 7.67. The SMILES string of the molecule is CC(C)(C)c1cc2cc[nH]c2cc1NC(=O)C1=CNC2C=CSC2C1=O. The molecule has 0 saturated heterocycles. The van der Waals surface area contributed by atoms with Crippen molar-refractivity contribution >= 4 is 40.0 Å². The van der Waals surface area contributed by atoms with Crippen molar-refractivity contribution < 1.29 is 9.59 Å². The van der Waals surface area contributed by atoms with Gasteiger partial charge in [-0.05, 0) is 40.0 Å². The predicted molar refractivity (Wildman–Crippen MR) is 106 cm³/mol. The monoisotopic (exact) mass is 367 g/mol. The first-order valence-electron chi connectivity index (χ1n) is 8.60. The first-order chi connectivity index (χ1) is 12.3. The van der Waals surface area contributed by atoms with Crippen LogP contribution in [0.25, 0.3) is 10.9 Å². The normalized spacial score (nSPS) is 22.1. The molecule has 2 aliphatic heterocycles. The summed E-state index contributed by atoms with van der Waals surface area (Å²) in [6.07, 6.45) is 5.37. The zero-order valence-corrected chi connectivity index (χ0v) is 15.7. The summed E-state index contributed by atoms with van der Waals surface area (Å²) in [7, 11) is 0. The molecular weight excluding hydrogens is 346 g/mol. The highest BCUT2D eigenvalue weighted by Crippen LogP contribution is 2.34. The number of carbonyl (C=O) groups is 2. The molecule has 1 amide bonds. The van der Waals surface area contributed by atoms with E-state index in [1.54, 1.807) is 6.20 Å². The molecule has 1 aromatic heterocycles. The van der Waals surface area contributed by atoms with Gasteiger partial charge in [0.15, 0.2) is 5.78 Å². The number of Topliss-reactive ketones (excluding diaryl/α,β-unsaturated/α-hetero) is 1. The van der Waals surface area contributed by atoms with Gasteiger partial charge in [-0.3, -0.25) is 9.59 Å². The number of fused-ring (bicyclic) bond motifs is 2. The minimum Gasteiger partial charge on any atom is -0.382 e. The Morgan fingerprint density at radius 3 is 2.85 bits per heavy atom. The van der Waals surface area contributed by atoms with Crippen LogP contribution in [0.15, 0.2) is 47.7 Å². The van der Waals surface area contributed by atoms with Gasteiger partial charge in [0.25, 0.3) is 5.91 Å². The van der Waals surface area contributed by atoms with Crippen LogP contribution in [0.4, 0.5) is 5.69 Å². The summed E-state index contributed by atoms with van der Waals surface area (Å²) in [5.74, 6) is -0.496. The fourth-order valence-electron chi connectivity index (χ4n) is 3.36. The number of ketones is 1. The number of anilines is 1. The van der Waals surface area contributed by atoms with Crippen molar-refractivity contribution in [3.63, 3.8) is 0 Å². The highest BCUT2D eigenvalue weighted by Gasteiger charge is 2.37. The lowest BCUT2D eigenvalue weighted by molar-refractivity contribution is -0.120. The van der Waals surface area contributed by atoms with Gasteiger partial charge in [-0.25, -0.2) is 0 Å². The molecule has 3 heterocycles. The van der Waals surface area contributed by atoms with E-state index in [2.05, 4.69) is 42.5 Å². The standard InChI is InChI=1S/C20H21N3O2S/c1-20(2,3)13-8-11-4-6-21-15(11)9-16(13)23-19(25)12-10-22-14-5-7-26-18(14)17(12)24/h4-10,14,18,21-22H,1-3H3,(H,23,25). The number of carbonyl (C=O) groups excluding carboxylic acids is 2. The van der Waals surface area contributed by atoms with Crippen LogP contribution in [0.3, 0.4) is 0 Å². The van der Waals surface area contributed by atoms with Gasteiger partial charge in [-0.1, -0.05) is 26.8 Å². The molecule has 134 valence electrons. The molecule has 5 nitrogen and oxygen atoms in total. The molecule has 6 heteroatoms. The largest absolute Gasteiger partial charge is 0.382 e. The number of aromatic amines is 1. The summed E-state index contributed by atoms with van der Waals surface area (Å²) < 4.78 is 0. The Hall–Kier alpha value is -2.47. The van der Waals surface area contributed by atoms with Gasteiger partial charge in [-0.2, -0.15) is 0 Å². The van der Waals surface area contributed by atoms with Crippen LogP contribution in [0.2, 0.25) is 0 Å². The lowest BCUT2D eigenvalue weighted by Crippen LogP contribution is -2.44. The molecule has 0 bridgehead atoms. The van der Waals surface area contributed by atoms with Gasteiger partial charge in [0, 0.05) is 23.6 Å². The minimum absolute atomic E-state index is 0.0237. The highest BCUT2D eigenvalue weighted by molar-refractivity contribution is 8.03. The Morgan fingerprint density at radius 2 is 2.08 bits per heavy atom. The van der Waals surface area contributed by atoms with Gasteiger partial charge in [0.2, 0.25) is 0 Å². The number of nitrogens with one attached hydrogen (secondary N) is 3. The summed E-state index contributed by atoms with van der Waals surface area (Å²) in [4.78, 5) is 28.7. The van der Waals surface area contributed by atoms with Crippen LogP contribution in [0.1, 0.15) is 26.3 Å². The Morgan fingerprint density at radius 1 is 1.27 bits per heavy atom. The second kappa shape index (κ2) is 6.06. The molecule has 1 aromatic carbocycles. The van der Waals surface area contributed by atoms with Gasteiger partial charge in [-0.15, -0.1) is 11.8 Å². The van der Waals surface area contributed by atoms with Crippen molar-refractivity contribution in [3.05, 3.63) is 53.2 Å². The van der Waals surface area contributed by atoms with E-state index >= 15 is 0 Å². The van der Waals surface area contributed by atoms with E-state index in [1.165, 1.54) is 11.8 Å². The van der Waals surface area contributed by atoms with Gasteiger partial charge in [0.1, 0.15) is 0 Å². The topological polar surface area (TPSA) is 74.0 Å². The Bertz CT molecular complexity index is 965. The van der Waals surface area contributed by atoms with Crippen molar-refractivity contribution in [2.75, 3.05) is 5.32 Å². The average Bonchev–Trinajstić information content (AvgIpc) is 3.21. The smallest absolute Gasteiger partial charge is 0.260 e. The molecule has 2 aromatic rings. The fourth-order valence-corrected chi connectivity index (χ4v) is 4.38. The number of H-pyrrole nitrogens is 1. The highest BCUT2D eigenvalue weighted by atomic mass is 32.2. The molecule has 2 atom stereocenters. The zero-order chi connectivity index (χ0) is 18.5. The third kappa shape index (κ3) is 2.84. The van der Waals surface area contributed by atoms with Gasteiger partial charge in [0.05, 0.1) is 16.9 Å². The maximum atomic E-state index is 12.8. The van der Waals surface area contributed by atoms with E-state index in [9.17, 15) is 9.59 Å². The number of benzene rings is 1. The molecular formula is C20H21N3O2S. The molecule has 0 aliphatic carbocycles. The van der Waals surface area contributed by atoms with Crippen LogP contribution in [-0.4, -0.2) is 28.0 Å². The van der Waals surface area contributed by atoms with Crippen molar-refractivity contribution in [2.45, 2.75) is 37.5 Å². The van der Waals surface area contributed by atoms with Crippen molar-refractivity contribution in [2.24, 2.45) is 0 Å². The molecule has 0 saturated carbocycles. The lowest BCUT2D eigenvalue weighted by Gasteiger charge is -2.26. The molecule has 3 N–H and O–H groups in total. The van der Waals surface area contributed by atoms with Crippen LogP contribution >= 0.6 is 11.8 Å². The maximum Gasteiger partial charge on any atom is 0.260 e. The third-order valence-corrected chi connectivity index (χ3v) is 5.89. The Kier molecular flexibility index (Phi) is 3.95. The molecule has 4 rings (SSSR count). The summed E-state index contributed by atoms with van der Waals surface area (Å²) >= 11 is 1.45. The van der Waals surface area contributed by atoms with Crippen molar-refractivity contribution in [1.82, 2.24) is 10.3 Å². The number of thioether (sulfide) groups is 1. The van der Waals surface area contributed by atoms with Gasteiger partial charge < -0.3 is 15.6 Å². The summed E-state index contributed by atoms with van der Waals surface area (Å²) in [6.45, 7) is 6.32. The van der Waals surface area contributed by atoms with Crippen molar-refractivity contribution in [3.8, 4) is 0 Å². The van der Waals surface area contributed by atoms with Crippen LogP contribution < -0.4 is 10.6 Å². The second-order valence-corrected chi connectivity index (χ2v) is 8.72. The molecule has 2 unspecified atom stereocenters. The van der Waals surface area contributed by atoms with Crippen LogP contribution in [0, 0.1) is 0 Å². The summed E-state index contributed by atoms with van der Waals surface area (Å²) in [6, 6.07) is 6.01. The maximum absolute atomic E-state index is 12.8. The number of hydrogen-bond acceptors (Lipinski definition) is 4. The van der Waals surface area contributed by atoms with E-state index in [0.29, 0.717) is 0 Å². The first-order valence-corrected chi connectivity index (χ1v) is 9.54. The Labute approximate surface area is 156 Å². The van der Waals surface area contributed by atoms with E-state index in [-0.39, 0.29) is 34.0 Å². The van der Waals surface area contributed by atoms with E-state index in [0.717, 1.165) is 22.2 Å². The summed E-state index contributed by atoms with van der Waals surface area (Å²) in [5.41, 5.74) is 2.74. The molecule has 0 spiro atoms. The average molecular weight is 367 g/mol. The van der Waals surface area contributed by atoms with E-state index < -0.39 is 0 Å². The molecule has 26 heavy (non-hydrogen) atoms. The van der Waals surface area contributed by atoms with E-state index in [4.69, 9.17) is 0 Å². The van der Waals surface area contributed by atoms with Crippen LogP contribution in [-0.2, 0) is 15.0 Å². The third-order valence-electron chi connectivity index (χ3n) is 4.77. The summed E-state index contributed by atoms with van der Waals surface area (Å²) in [5, 5.41) is 8.85. The number of amides is 1. The van der Waals surface area contributed by atoms with E-state index in [1.807, 2.05) is 29.8 Å².